The summed E-state index contributed by atoms with van der Waals surface area (Å²) < 4.78 is 0.969. The second-order valence-electron chi connectivity index (χ2n) is 3.78. The fourth-order valence-electron chi connectivity index (χ4n) is 1.32. The monoisotopic (exact) mass is 285 g/mol. The lowest BCUT2D eigenvalue weighted by atomic mass is 10.2. The van der Waals surface area contributed by atoms with Crippen LogP contribution in [0.1, 0.15) is 6.42 Å². The molecule has 0 aromatic carbocycles. The molecule has 0 saturated heterocycles. The number of nitrogens with two attached hydrogens (primary N) is 1. The Bertz CT molecular complexity index is 553. The summed E-state index contributed by atoms with van der Waals surface area (Å²) in [7, 11) is 0. The molecule has 1 aromatic heterocycles. The second kappa shape index (κ2) is 6.26. The van der Waals surface area contributed by atoms with Gasteiger partial charge in [0.1, 0.15) is 25.0 Å². The smallest absolute Gasteiger partial charge is 0.326 e. The Morgan fingerprint density at radius 3 is 2.65 bits per heavy atom. The molecule has 0 fully saturated rings. The van der Waals surface area contributed by atoms with E-state index in [1.807, 2.05) is 0 Å². The summed E-state index contributed by atoms with van der Waals surface area (Å²) in [5.41, 5.74) is 4.55. The van der Waals surface area contributed by atoms with Crippen molar-refractivity contribution in [1.82, 2.24) is 15.1 Å². The van der Waals surface area contributed by atoms with Crippen molar-refractivity contribution < 1.29 is 24.4 Å². The number of aromatic nitrogens is 2. The van der Waals surface area contributed by atoms with Gasteiger partial charge in [-0.1, -0.05) is 0 Å². The van der Waals surface area contributed by atoms with E-state index in [2.05, 4.69) is 10.4 Å². The standard InChI is InChI=1S/C9H11N5O6/c10-7(15)1-6(9(17)18)12-8(16)4-13-3-5(2-11-13)14(19)20/h2-3,6H,1,4H2,(H2,10,15)(H,12,16)(H,17,18)/t6-/m1/s1. The number of hydrogen-bond donors (Lipinski definition) is 3. The molecular formula is C9H11N5O6. The van der Waals surface area contributed by atoms with Gasteiger partial charge in [0.2, 0.25) is 11.8 Å². The van der Waals surface area contributed by atoms with Crippen LogP contribution in [0.25, 0.3) is 0 Å². The maximum absolute atomic E-state index is 11.5. The third-order valence-electron chi connectivity index (χ3n) is 2.17. The van der Waals surface area contributed by atoms with Gasteiger partial charge in [0, 0.05) is 0 Å². The van der Waals surface area contributed by atoms with E-state index in [1.165, 1.54) is 0 Å². The quantitative estimate of drug-likeness (QED) is 0.393. The van der Waals surface area contributed by atoms with E-state index in [0.717, 1.165) is 17.1 Å². The van der Waals surface area contributed by atoms with E-state index in [1.54, 1.807) is 0 Å². The van der Waals surface area contributed by atoms with Crippen LogP contribution in [-0.4, -0.2) is 43.6 Å². The number of carboxylic acids is 1. The molecule has 20 heavy (non-hydrogen) atoms. The SMILES string of the molecule is NC(=O)C[C@@H](NC(=O)Cn1cc([N+](=O)[O-])cn1)C(=O)O. The molecule has 108 valence electrons. The van der Waals surface area contributed by atoms with Gasteiger partial charge in [-0.2, -0.15) is 5.10 Å². The van der Waals surface area contributed by atoms with E-state index in [9.17, 15) is 24.5 Å². The summed E-state index contributed by atoms with van der Waals surface area (Å²) in [5.74, 6) is -3.06. The van der Waals surface area contributed by atoms with Gasteiger partial charge in [-0.25, -0.2) is 4.79 Å². The van der Waals surface area contributed by atoms with Gasteiger partial charge < -0.3 is 16.2 Å². The Hall–Kier alpha value is -2.98. The van der Waals surface area contributed by atoms with Gasteiger partial charge in [0.25, 0.3) is 0 Å². The van der Waals surface area contributed by atoms with E-state index >= 15 is 0 Å². The van der Waals surface area contributed by atoms with Crippen molar-refractivity contribution in [3.8, 4) is 0 Å². The highest BCUT2D eigenvalue weighted by molar-refractivity contribution is 5.88. The zero-order valence-corrected chi connectivity index (χ0v) is 10.1. The van der Waals surface area contributed by atoms with Crippen LogP contribution in [0.15, 0.2) is 12.4 Å². The number of aliphatic carboxylic acids is 1. The molecule has 11 heteroatoms. The molecule has 4 N–H and O–H groups in total. The third-order valence-corrected chi connectivity index (χ3v) is 2.17. The number of carbonyl (C=O) groups is 3. The van der Waals surface area contributed by atoms with Gasteiger partial charge in [0.15, 0.2) is 0 Å². The predicted octanol–water partition coefficient (Wildman–Crippen LogP) is -1.76. The number of nitrogens with one attached hydrogen (secondary N) is 1. The highest BCUT2D eigenvalue weighted by Crippen LogP contribution is 2.07. The maximum atomic E-state index is 11.5. The minimum atomic E-state index is -1.45. The first-order chi connectivity index (χ1) is 9.29. The first-order valence-electron chi connectivity index (χ1n) is 5.27. The summed E-state index contributed by atoms with van der Waals surface area (Å²) in [4.78, 5) is 42.7. The fraction of sp³-hybridized carbons (Fsp3) is 0.333. The second-order valence-corrected chi connectivity index (χ2v) is 3.78. The van der Waals surface area contributed by atoms with Gasteiger partial charge >= 0.3 is 11.7 Å². The molecule has 1 rings (SSSR count). The number of carboxylic acid groups (broad SMARTS) is 1. The lowest BCUT2D eigenvalue weighted by Gasteiger charge is -2.12. The molecule has 0 aliphatic rings. The van der Waals surface area contributed by atoms with Crippen molar-refractivity contribution in [2.45, 2.75) is 19.0 Å². The summed E-state index contributed by atoms with van der Waals surface area (Å²) in [6, 6.07) is -1.45. The highest BCUT2D eigenvalue weighted by atomic mass is 16.6. The minimum Gasteiger partial charge on any atom is -0.480 e. The molecular weight excluding hydrogens is 274 g/mol. The van der Waals surface area contributed by atoms with Crippen molar-refractivity contribution in [3.05, 3.63) is 22.5 Å². The number of amides is 2. The number of primary amides is 1. The molecule has 0 aliphatic heterocycles. The Kier molecular flexibility index (Phi) is 4.72. The highest BCUT2D eigenvalue weighted by Gasteiger charge is 2.22. The molecule has 0 unspecified atom stereocenters. The molecule has 0 spiro atoms. The molecule has 0 bridgehead atoms. The van der Waals surface area contributed by atoms with Crippen LogP contribution in [0.4, 0.5) is 5.69 Å². The van der Waals surface area contributed by atoms with Crippen LogP contribution in [0.2, 0.25) is 0 Å². The number of nitrogens with zero attached hydrogens (tertiary/aromatic N) is 3. The van der Waals surface area contributed by atoms with Crippen molar-refractivity contribution in [3.63, 3.8) is 0 Å². The average Bonchev–Trinajstić information content (AvgIpc) is 2.75. The summed E-state index contributed by atoms with van der Waals surface area (Å²) in [6.07, 6.45) is 1.41. The van der Waals surface area contributed by atoms with Crippen molar-refractivity contribution in [2.75, 3.05) is 0 Å². The lowest BCUT2D eigenvalue weighted by Crippen LogP contribution is -2.44. The molecule has 0 saturated carbocycles. The minimum absolute atomic E-state index is 0.301. The van der Waals surface area contributed by atoms with E-state index < -0.39 is 41.7 Å². The Morgan fingerprint density at radius 2 is 2.20 bits per heavy atom. The third kappa shape index (κ3) is 4.36. The zero-order valence-electron chi connectivity index (χ0n) is 10.1. The molecule has 0 aliphatic carbocycles. The number of carbonyl (C=O) groups excluding carboxylic acids is 2. The number of rotatable bonds is 7. The van der Waals surface area contributed by atoms with E-state index in [4.69, 9.17) is 10.8 Å². The van der Waals surface area contributed by atoms with E-state index in [-0.39, 0.29) is 5.69 Å². The molecule has 2 amide bonds. The Balaban J connectivity index is 2.62. The van der Waals surface area contributed by atoms with Gasteiger partial charge in [0.05, 0.1) is 11.3 Å². The molecule has 0 radical (unpaired) electrons. The van der Waals surface area contributed by atoms with Crippen LogP contribution >= 0.6 is 0 Å². The summed E-state index contributed by atoms with van der Waals surface area (Å²) in [6.45, 7) is -0.420. The fourth-order valence-corrected chi connectivity index (χ4v) is 1.32. The van der Waals surface area contributed by atoms with Crippen molar-refractivity contribution in [2.24, 2.45) is 5.73 Å². The normalized spacial score (nSPS) is 11.6. The number of nitro groups is 1. The van der Waals surface area contributed by atoms with Gasteiger partial charge in [-0.3, -0.25) is 24.4 Å². The lowest BCUT2D eigenvalue weighted by molar-refractivity contribution is -0.385. The summed E-state index contributed by atoms with van der Waals surface area (Å²) >= 11 is 0. The van der Waals surface area contributed by atoms with Gasteiger partial charge in [-0.15, -0.1) is 0 Å². The molecule has 1 atom stereocenters. The van der Waals surface area contributed by atoms with Crippen LogP contribution in [-0.2, 0) is 20.9 Å². The van der Waals surface area contributed by atoms with Crippen LogP contribution in [0.3, 0.4) is 0 Å². The first kappa shape index (κ1) is 15.1. The molecule has 11 nitrogen and oxygen atoms in total. The first-order valence-corrected chi connectivity index (χ1v) is 5.27. The Labute approximate surface area is 111 Å². The van der Waals surface area contributed by atoms with Crippen molar-refractivity contribution >= 4 is 23.5 Å². The maximum Gasteiger partial charge on any atom is 0.326 e. The topological polar surface area (TPSA) is 170 Å². The molecule has 1 heterocycles. The average molecular weight is 285 g/mol. The number of hydrogen-bond acceptors (Lipinski definition) is 6. The van der Waals surface area contributed by atoms with Crippen LogP contribution < -0.4 is 11.1 Å². The predicted molar refractivity (Wildman–Crippen MR) is 62.3 cm³/mol. The molecule has 1 aromatic rings. The Morgan fingerprint density at radius 1 is 1.55 bits per heavy atom. The largest absolute Gasteiger partial charge is 0.480 e. The zero-order chi connectivity index (χ0) is 15.3. The van der Waals surface area contributed by atoms with Crippen LogP contribution in [0.5, 0.6) is 0 Å². The van der Waals surface area contributed by atoms with Crippen molar-refractivity contribution in [1.29, 1.82) is 0 Å². The van der Waals surface area contributed by atoms with Crippen LogP contribution in [0, 0.1) is 10.1 Å². The van der Waals surface area contributed by atoms with Gasteiger partial charge in [-0.05, 0) is 0 Å². The summed E-state index contributed by atoms with van der Waals surface area (Å²) in [5, 5.41) is 24.8. The van der Waals surface area contributed by atoms with E-state index in [0.29, 0.717) is 0 Å².